The molecule has 0 spiro atoms. The Kier molecular flexibility index (Phi) is 6.74. The molecule has 0 aliphatic carbocycles. The van der Waals surface area contributed by atoms with E-state index in [1.807, 2.05) is 6.92 Å². The summed E-state index contributed by atoms with van der Waals surface area (Å²) in [5, 5.41) is 6.40. The first-order valence-electron chi connectivity index (χ1n) is 8.28. The summed E-state index contributed by atoms with van der Waals surface area (Å²) >= 11 is 0. The van der Waals surface area contributed by atoms with Crippen LogP contribution in [0.15, 0.2) is 52.4 Å². The molecule has 2 aromatic carbocycles. The van der Waals surface area contributed by atoms with Gasteiger partial charge in [0.15, 0.2) is 15.8 Å². The molecule has 2 N–H and O–H groups in total. The van der Waals surface area contributed by atoms with Crippen LogP contribution >= 0.6 is 0 Å². The minimum Gasteiger partial charge on any atom is -0.356 e. The molecule has 0 unspecified atom stereocenters. The smallest absolute Gasteiger partial charge is 0.191 e. The summed E-state index contributed by atoms with van der Waals surface area (Å²) < 4.78 is 36.1. The van der Waals surface area contributed by atoms with Gasteiger partial charge in [-0.3, -0.25) is 4.99 Å². The van der Waals surface area contributed by atoms with Crippen LogP contribution in [0.2, 0.25) is 0 Å². The van der Waals surface area contributed by atoms with Gasteiger partial charge in [0, 0.05) is 26.4 Å². The second-order valence-corrected chi connectivity index (χ2v) is 8.11. The molecule has 5 nitrogen and oxygen atoms in total. The third-order valence-corrected chi connectivity index (χ3v) is 5.15. The van der Waals surface area contributed by atoms with Crippen molar-refractivity contribution < 1.29 is 12.8 Å². The minimum atomic E-state index is -3.18. The Bertz CT molecular complexity index is 878. The van der Waals surface area contributed by atoms with Crippen LogP contribution in [0.3, 0.4) is 0 Å². The molecule has 2 aromatic rings. The Morgan fingerprint density at radius 3 is 2.38 bits per heavy atom. The number of aryl methyl sites for hydroxylation is 1. The van der Waals surface area contributed by atoms with Gasteiger partial charge in [-0.05, 0) is 54.3 Å². The molecule has 0 heterocycles. The van der Waals surface area contributed by atoms with E-state index in [0.717, 1.165) is 23.1 Å². The van der Waals surface area contributed by atoms with E-state index < -0.39 is 9.84 Å². The van der Waals surface area contributed by atoms with Gasteiger partial charge in [-0.1, -0.05) is 18.2 Å². The number of nitrogens with zero attached hydrogens (tertiary/aromatic N) is 1. The molecular formula is C19H24FN3O2S. The molecule has 0 aliphatic heterocycles. The van der Waals surface area contributed by atoms with Gasteiger partial charge in [0.1, 0.15) is 5.82 Å². The van der Waals surface area contributed by atoms with Gasteiger partial charge in [0.25, 0.3) is 0 Å². The average Bonchev–Trinajstić information content (AvgIpc) is 2.59. The molecule has 0 radical (unpaired) electrons. The fourth-order valence-electron chi connectivity index (χ4n) is 2.52. The molecule has 0 aliphatic rings. The lowest BCUT2D eigenvalue weighted by molar-refractivity contribution is 0.602. The fourth-order valence-corrected chi connectivity index (χ4v) is 3.15. The molecular weight excluding hydrogens is 353 g/mol. The van der Waals surface area contributed by atoms with E-state index in [2.05, 4.69) is 15.6 Å². The maximum absolute atomic E-state index is 13.1. The Hall–Kier alpha value is -2.41. The van der Waals surface area contributed by atoms with Crippen LogP contribution in [0.25, 0.3) is 0 Å². The summed E-state index contributed by atoms with van der Waals surface area (Å²) in [4.78, 5) is 4.47. The van der Waals surface area contributed by atoms with E-state index in [-0.39, 0.29) is 5.82 Å². The quantitative estimate of drug-likeness (QED) is 0.599. The van der Waals surface area contributed by atoms with Crippen LogP contribution in [0.5, 0.6) is 0 Å². The zero-order valence-electron chi connectivity index (χ0n) is 15.2. The lowest BCUT2D eigenvalue weighted by Gasteiger charge is -2.13. The van der Waals surface area contributed by atoms with E-state index in [1.54, 1.807) is 37.4 Å². The molecule has 2 rings (SSSR count). The third-order valence-electron chi connectivity index (χ3n) is 4.03. The van der Waals surface area contributed by atoms with Crippen molar-refractivity contribution in [2.45, 2.75) is 24.8 Å². The van der Waals surface area contributed by atoms with Crippen molar-refractivity contribution in [2.75, 3.05) is 19.8 Å². The van der Waals surface area contributed by atoms with E-state index in [9.17, 15) is 12.8 Å². The number of hydrogen-bond acceptors (Lipinski definition) is 3. The molecule has 0 bridgehead atoms. The van der Waals surface area contributed by atoms with E-state index in [0.29, 0.717) is 23.9 Å². The first-order chi connectivity index (χ1) is 12.3. The molecule has 0 saturated carbocycles. The highest BCUT2D eigenvalue weighted by Gasteiger charge is 2.06. The van der Waals surface area contributed by atoms with Crippen LogP contribution < -0.4 is 10.6 Å². The SMILES string of the molecule is CN=C(NCCc1ccc(F)cc1C)NCc1ccc(S(C)(=O)=O)cc1. The summed E-state index contributed by atoms with van der Waals surface area (Å²) in [6.07, 6.45) is 1.95. The van der Waals surface area contributed by atoms with Crippen molar-refractivity contribution in [1.29, 1.82) is 0 Å². The zero-order chi connectivity index (χ0) is 19.2. The van der Waals surface area contributed by atoms with Gasteiger partial charge in [0.2, 0.25) is 0 Å². The minimum absolute atomic E-state index is 0.224. The van der Waals surface area contributed by atoms with Crippen molar-refractivity contribution in [2.24, 2.45) is 4.99 Å². The third kappa shape index (κ3) is 5.84. The molecule has 0 atom stereocenters. The van der Waals surface area contributed by atoms with Crippen LogP contribution in [-0.2, 0) is 22.8 Å². The number of aliphatic imine (C=N–C) groups is 1. The fraction of sp³-hybridized carbons (Fsp3) is 0.316. The van der Waals surface area contributed by atoms with Gasteiger partial charge in [-0.2, -0.15) is 0 Å². The maximum atomic E-state index is 13.1. The van der Waals surface area contributed by atoms with Gasteiger partial charge in [-0.25, -0.2) is 12.8 Å². The monoisotopic (exact) mass is 377 g/mol. The lowest BCUT2D eigenvalue weighted by Crippen LogP contribution is -2.37. The van der Waals surface area contributed by atoms with Crippen LogP contribution in [0.4, 0.5) is 4.39 Å². The predicted octanol–water partition coefficient (Wildman–Crippen LogP) is 2.45. The molecule has 26 heavy (non-hydrogen) atoms. The Labute approximate surface area is 154 Å². The Balaban J connectivity index is 1.84. The number of sulfone groups is 1. The van der Waals surface area contributed by atoms with Crippen LogP contribution in [-0.4, -0.2) is 34.2 Å². The van der Waals surface area contributed by atoms with E-state index in [4.69, 9.17) is 0 Å². The number of rotatable bonds is 6. The number of guanidine groups is 1. The van der Waals surface area contributed by atoms with Gasteiger partial charge < -0.3 is 10.6 Å². The highest BCUT2D eigenvalue weighted by Crippen LogP contribution is 2.11. The molecule has 0 saturated heterocycles. The highest BCUT2D eigenvalue weighted by molar-refractivity contribution is 7.90. The van der Waals surface area contributed by atoms with Gasteiger partial charge in [0.05, 0.1) is 4.90 Å². The van der Waals surface area contributed by atoms with E-state index >= 15 is 0 Å². The standard InChI is InChI=1S/C19H24FN3O2S/c1-14-12-17(20)7-6-16(14)10-11-22-19(21-2)23-13-15-4-8-18(9-5-15)26(3,24)25/h4-9,12H,10-11,13H2,1-3H3,(H2,21,22,23). The second kappa shape index (κ2) is 8.80. The van der Waals surface area contributed by atoms with Crippen molar-refractivity contribution in [3.05, 3.63) is 65.0 Å². The second-order valence-electron chi connectivity index (χ2n) is 6.09. The number of nitrogens with one attached hydrogen (secondary N) is 2. The summed E-state index contributed by atoms with van der Waals surface area (Å²) in [6.45, 7) is 3.09. The largest absolute Gasteiger partial charge is 0.356 e. The van der Waals surface area contributed by atoms with Crippen molar-refractivity contribution in [3.63, 3.8) is 0 Å². The number of benzene rings is 2. The Morgan fingerprint density at radius 1 is 1.12 bits per heavy atom. The van der Waals surface area contributed by atoms with Crippen molar-refractivity contribution in [1.82, 2.24) is 10.6 Å². The average molecular weight is 377 g/mol. The molecule has 0 aromatic heterocycles. The van der Waals surface area contributed by atoms with Crippen molar-refractivity contribution >= 4 is 15.8 Å². The first-order valence-corrected chi connectivity index (χ1v) is 10.2. The summed E-state index contributed by atoms with van der Waals surface area (Å²) in [6, 6.07) is 11.5. The van der Waals surface area contributed by atoms with Gasteiger partial charge in [-0.15, -0.1) is 0 Å². The normalized spacial score (nSPS) is 12.1. The maximum Gasteiger partial charge on any atom is 0.191 e. The Morgan fingerprint density at radius 2 is 1.81 bits per heavy atom. The van der Waals surface area contributed by atoms with E-state index in [1.165, 1.54) is 18.4 Å². The molecule has 0 amide bonds. The number of halogens is 1. The lowest BCUT2D eigenvalue weighted by atomic mass is 10.1. The zero-order valence-corrected chi connectivity index (χ0v) is 16.0. The summed E-state index contributed by atoms with van der Waals surface area (Å²) in [5.41, 5.74) is 2.97. The van der Waals surface area contributed by atoms with Gasteiger partial charge >= 0.3 is 0 Å². The highest BCUT2D eigenvalue weighted by atomic mass is 32.2. The summed E-state index contributed by atoms with van der Waals surface area (Å²) in [5.74, 6) is 0.426. The number of hydrogen-bond donors (Lipinski definition) is 2. The topological polar surface area (TPSA) is 70.6 Å². The predicted molar refractivity (Wildman–Crippen MR) is 103 cm³/mol. The first kappa shape index (κ1) is 19.9. The van der Waals surface area contributed by atoms with Crippen LogP contribution in [0, 0.1) is 12.7 Å². The van der Waals surface area contributed by atoms with Crippen LogP contribution in [0.1, 0.15) is 16.7 Å². The molecule has 140 valence electrons. The molecule has 7 heteroatoms. The summed E-state index contributed by atoms with van der Waals surface area (Å²) in [7, 11) is -1.49. The van der Waals surface area contributed by atoms with Crippen molar-refractivity contribution in [3.8, 4) is 0 Å². The molecule has 0 fully saturated rings.